The highest BCUT2D eigenvalue weighted by atomic mass is 32.2. The van der Waals surface area contributed by atoms with Crippen LogP contribution >= 0.6 is 11.9 Å². The largest absolute Gasteiger partial charge is 0.361 e. The first-order chi connectivity index (χ1) is 10.8. The quantitative estimate of drug-likeness (QED) is 0.516. The molecule has 1 unspecified atom stereocenters. The smallest absolute Gasteiger partial charge is 0.225 e. The third-order valence-electron chi connectivity index (χ3n) is 3.69. The average molecular weight is 315 g/mol. The summed E-state index contributed by atoms with van der Waals surface area (Å²) in [5.41, 5.74) is 1.14. The molecular weight excluding hydrogens is 294 g/mol. The van der Waals surface area contributed by atoms with E-state index in [0.717, 1.165) is 35.9 Å². The van der Waals surface area contributed by atoms with Gasteiger partial charge in [-0.15, -0.1) is 0 Å². The number of hydrogen-bond donors (Lipinski definition) is 2. The molecule has 5 nitrogen and oxygen atoms in total. The number of nitrogens with zero attached hydrogens (tertiary/aromatic N) is 3. The van der Waals surface area contributed by atoms with Gasteiger partial charge in [-0.25, -0.2) is 5.01 Å². The number of fused-ring (bicyclic) bond motifs is 1. The van der Waals surface area contributed by atoms with Gasteiger partial charge in [0.1, 0.15) is 0 Å². The van der Waals surface area contributed by atoms with Gasteiger partial charge in [-0.05, 0) is 48.9 Å². The molecule has 0 fully saturated rings. The predicted octanol–water partition coefficient (Wildman–Crippen LogP) is 3.47. The van der Waals surface area contributed by atoms with Crippen molar-refractivity contribution in [3.8, 4) is 0 Å². The zero-order valence-corrected chi connectivity index (χ0v) is 13.7. The first-order valence-electron chi connectivity index (χ1n) is 7.66. The van der Waals surface area contributed by atoms with Crippen LogP contribution in [0.25, 0.3) is 10.9 Å². The molecule has 116 valence electrons. The van der Waals surface area contributed by atoms with Gasteiger partial charge >= 0.3 is 0 Å². The third-order valence-corrected chi connectivity index (χ3v) is 4.46. The lowest BCUT2D eigenvalue weighted by Gasteiger charge is -2.18. The number of hydrogen-bond acceptors (Lipinski definition) is 3. The van der Waals surface area contributed by atoms with Gasteiger partial charge in [-0.3, -0.25) is 9.71 Å². The van der Waals surface area contributed by atoms with Gasteiger partial charge in [-0.2, -0.15) is 5.10 Å². The van der Waals surface area contributed by atoms with Crippen LogP contribution in [-0.4, -0.2) is 35.3 Å². The fourth-order valence-electron chi connectivity index (χ4n) is 2.38. The zero-order valence-electron chi connectivity index (χ0n) is 12.9. The number of aliphatic imine (C=N–C) groups is 1. The van der Waals surface area contributed by atoms with Crippen LogP contribution in [0.5, 0.6) is 0 Å². The first kappa shape index (κ1) is 15.0. The molecule has 22 heavy (non-hydrogen) atoms. The summed E-state index contributed by atoms with van der Waals surface area (Å²) in [6.45, 7) is 5.86. The number of rotatable bonds is 4. The molecule has 0 saturated carbocycles. The highest BCUT2D eigenvalue weighted by Gasteiger charge is 2.20. The number of hydrazone groups is 1. The number of nitrogens with one attached hydrogen (secondary N) is 2. The summed E-state index contributed by atoms with van der Waals surface area (Å²) in [6.07, 6.45) is 5.08. The normalized spacial score (nSPS) is 18.4. The van der Waals surface area contributed by atoms with Gasteiger partial charge in [0.2, 0.25) is 5.96 Å². The van der Waals surface area contributed by atoms with Crippen LogP contribution < -0.4 is 4.72 Å². The maximum atomic E-state index is 4.53. The summed E-state index contributed by atoms with van der Waals surface area (Å²) < 4.78 is 3.35. The van der Waals surface area contributed by atoms with Crippen molar-refractivity contribution < 1.29 is 0 Å². The van der Waals surface area contributed by atoms with Crippen molar-refractivity contribution in [2.75, 3.05) is 13.1 Å². The molecule has 2 heterocycles. The molecule has 0 aliphatic carbocycles. The SMILES string of the molecule is CCN=C(NSc1ccc2cc[nH]c2c1)N1CC(CC)C=N1. The van der Waals surface area contributed by atoms with Gasteiger partial charge in [0, 0.05) is 35.3 Å². The highest BCUT2D eigenvalue weighted by Crippen LogP contribution is 2.21. The molecule has 1 aliphatic heterocycles. The van der Waals surface area contributed by atoms with Crippen molar-refractivity contribution in [1.82, 2.24) is 14.7 Å². The Morgan fingerprint density at radius 1 is 1.45 bits per heavy atom. The van der Waals surface area contributed by atoms with Crippen molar-refractivity contribution in [3.63, 3.8) is 0 Å². The first-order valence-corrected chi connectivity index (χ1v) is 8.48. The molecule has 2 aromatic rings. The zero-order chi connectivity index (χ0) is 15.4. The molecule has 6 heteroatoms. The van der Waals surface area contributed by atoms with Crippen LogP contribution in [0.4, 0.5) is 0 Å². The molecule has 0 bridgehead atoms. The molecule has 0 amide bonds. The van der Waals surface area contributed by atoms with Gasteiger partial charge < -0.3 is 4.98 Å². The summed E-state index contributed by atoms with van der Waals surface area (Å²) >= 11 is 1.57. The van der Waals surface area contributed by atoms with E-state index in [1.807, 2.05) is 24.3 Å². The Labute approximate surface area is 135 Å². The molecule has 2 N–H and O–H groups in total. The van der Waals surface area contributed by atoms with Crippen LogP contribution in [-0.2, 0) is 0 Å². The molecule has 1 aromatic carbocycles. The van der Waals surface area contributed by atoms with Gasteiger partial charge in [-0.1, -0.05) is 13.0 Å². The second-order valence-corrected chi connectivity index (χ2v) is 6.12. The highest BCUT2D eigenvalue weighted by molar-refractivity contribution is 7.98. The standard InChI is InChI=1S/C16H21N5S/c1-3-12-10-19-21(11-12)16(17-4-2)20-22-14-6-5-13-7-8-18-15(13)9-14/h5-10,12,18H,3-4,11H2,1-2H3,(H,17,20). The monoisotopic (exact) mass is 315 g/mol. The fourth-order valence-corrected chi connectivity index (χ4v) is 3.07. The van der Waals surface area contributed by atoms with Crippen LogP contribution in [0.3, 0.4) is 0 Å². The molecule has 1 atom stereocenters. The van der Waals surface area contributed by atoms with Gasteiger partial charge in [0.05, 0.1) is 6.54 Å². The van der Waals surface area contributed by atoms with E-state index in [0.29, 0.717) is 5.92 Å². The van der Waals surface area contributed by atoms with E-state index in [4.69, 9.17) is 0 Å². The van der Waals surface area contributed by atoms with Crippen molar-refractivity contribution in [2.45, 2.75) is 25.2 Å². The Hall–Kier alpha value is -1.95. The summed E-state index contributed by atoms with van der Waals surface area (Å²) in [6, 6.07) is 8.44. The summed E-state index contributed by atoms with van der Waals surface area (Å²) in [5, 5.41) is 7.64. The van der Waals surface area contributed by atoms with Crippen LogP contribution in [0, 0.1) is 5.92 Å². The summed E-state index contributed by atoms with van der Waals surface area (Å²) in [5.74, 6) is 1.34. The Kier molecular flexibility index (Phi) is 4.68. The van der Waals surface area contributed by atoms with Crippen molar-refractivity contribution in [2.24, 2.45) is 16.0 Å². The maximum absolute atomic E-state index is 4.53. The lowest BCUT2D eigenvalue weighted by atomic mass is 10.1. The van der Waals surface area contributed by atoms with Crippen LogP contribution in [0.2, 0.25) is 0 Å². The number of aromatic amines is 1. The van der Waals surface area contributed by atoms with Gasteiger partial charge in [0.15, 0.2) is 0 Å². The minimum atomic E-state index is 0.518. The van der Waals surface area contributed by atoms with E-state index >= 15 is 0 Å². The second-order valence-electron chi connectivity index (χ2n) is 5.24. The molecule has 0 spiro atoms. The average Bonchev–Trinajstić information content (AvgIpc) is 3.19. The minimum Gasteiger partial charge on any atom is -0.361 e. The number of aromatic nitrogens is 1. The van der Waals surface area contributed by atoms with Crippen molar-refractivity contribution >= 4 is 35.0 Å². The Balaban J connectivity index is 1.66. The molecule has 1 aliphatic rings. The van der Waals surface area contributed by atoms with E-state index in [-0.39, 0.29) is 0 Å². The van der Waals surface area contributed by atoms with Crippen molar-refractivity contribution in [1.29, 1.82) is 0 Å². The van der Waals surface area contributed by atoms with E-state index in [2.05, 4.69) is 51.0 Å². The fraction of sp³-hybridized carbons (Fsp3) is 0.375. The van der Waals surface area contributed by atoms with Crippen LogP contribution in [0.1, 0.15) is 20.3 Å². The number of guanidine groups is 1. The Morgan fingerprint density at radius 3 is 3.14 bits per heavy atom. The lowest BCUT2D eigenvalue weighted by Crippen LogP contribution is -2.34. The summed E-state index contributed by atoms with van der Waals surface area (Å²) in [4.78, 5) is 8.91. The van der Waals surface area contributed by atoms with E-state index in [1.165, 1.54) is 5.39 Å². The number of benzene rings is 1. The third kappa shape index (κ3) is 3.27. The topological polar surface area (TPSA) is 55.8 Å². The number of H-pyrrole nitrogens is 1. The van der Waals surface area contributed by atoms with E-state index < -0.39 is 0 Å². The lowest BCUT2D eigenvalue weighted by molar-refractivity contribution is 0.431. The van der Waals surface area contributed by atoms with E-state index in [9.17, 15) is 0 Å². The Bertz CT molecular complexity index is 691. The maximum Gasteiger partial charge on any atom is 0.225 e. The van der Waals surface area contributed by atoms with E-state index in [1.54, 1.807) is 11.9 Å². The predicted molar refractivity (Wildman–Crippen MR) is 94.2 cm³/mol. The molecule has 0 saturated heterocycles. The minimum absolute atomic E-state index is 0.518. The Morgan fingerprint density at radius 2 is 2.36 bits per heavy atom. The molecule has 0 radical (unpaired) electrons. The van der Waals surface area contributed by atoms with Gasteiger partial charge in [0.25, 0.3) is 0 Å². The van der Waals surface area contributed by atoms with Crippen molar-refractivity contribution in [3.05, 3.63) is 30.5 Å². The molecule has 3 rings (SSSR count). The summed E-state index contributed by atoms with van der Waals surface area (Å²) in [7, 11) is 0. The molecule has 1 aromatic heterocycles. The van der Waals surface area contributed by atoms with Crippen LogP contribution in [0.15, 0.2) is 45.5 Å². The molecular formula is C16H21N5S. The second kappa shape index (κ2) is 6.87.